The first-order valence-corrected chi connectivity index (χ1v) is 6.69. The molecule has 1 aromatic carbocycles. The average molecular weight is 370 g/mol. The summed E-state index contributed by atoms with van der Waals surface area (Å²) in [5.74, 6) is -0.257. The number of nitro groups is 1. The minimum Gasteiger partial charge on any atom is -0.506 e. The largest absolute Gasteiger partial charge is 0.506 e. The minimum absolute atomic E-state index is 0. The summed E-state index contributed by atoms with van der Waals surface area (Å²) in [4.78, 5) is 10.2. The van der Waals surface area contributed by atoms with Crippen LogP contribution >= 0.6 is 28.3 Å². The highest BCUT2D eigenvalue weighted by atomic mass is 79.9. The Morgan fingerprint density at radius 2 is 2.05 bits per heavy atom. The monoisotopic (exact) mass is 368 g/mol. The van der Waals surface area contributed by atoms with E-state index in [0.29, 0.717) is 6.42 Å². The summed E-state index contributed by atoms with van der Waals surface area (Å²) < 4.78 is 0.184. The van der Waals surface area contributed by atoms with E-state index < -0.39 is 17.1 Å². The Morgan fingerprint density at radius 1 is 1.50 bits per heavy atom. The number of rotatable bonds is 5. The molecule has 0 saturated heterocycles. The van der Waals surface area contributed by atoms with Gasteiger partial charge in [0.2, 0.25) is 0 Å². The van der Waals surface area contributed by atoms with Crippen LogP contribution in [0.1, 0.15) is 31.9 Å². The van der Waals surface area contributed by atoms with Crippen LogP contribution in [0.5, 0.6) is 5.75 Å². The molecule has 0 radical (unpaired) electrons. The summed E-state index contributed by atoms with van der Waals surface area (Å²) in [5, 5.41) is 30.8. The van der Waals surface area contributed by atoms with Crippen molar-refractivity contribution in [1.29, 1.82) is 0 Å². The number of phenolic OH excluding ortho intramolecular Hbond substituents is 1. The number of nitro benzene ring substituents is 1. The fourth-order valence-corrected chi connectivity index (χ4v) is 2.21. The van der Waals surface area contributed by atoms with Crippen LogP contribution in [0.2, 0.25) is 0 Å². The molecular weight excluding hydrogens is 351 g/mol. The minimum atomic E-state index is -0.884. The number of non-ortho nitro benzene ring substituents is 1. The maximum Gasteiger partial charge on any atom is 0.271 e. The molecular formula is C12H18BrClN2O4. The van der Waals surface area contributed by atoms with Crippen molar-refractivity contribution in [2.75, 3.05) is 0 Å². The lowest BCUT2D eigenvalue weighted by Gasteiger charge is -2.24. The van der Waals surface area contributed by atoms with Crippen molar-refractivity contribution in [1.82, 2.24) is 0 Å². The zero-order valence-electron chi connectivity index (χ0n) is 11.1. The third kappa shape index (κ3) is 4.05. The molecule has 114 valence electrons. The number of aromatic hydroxyl groups is 1. The van der Waals surface area contributed by atoms with Crippen molar-refractivity contribution in [3.05, 3.63) is 32.3 Å². The average Bonchev–Trinajstić information content (AvgIpc) is 2.38. The van der Waals surface area contributed by atoms with Crippen LogP contribution in [0, 0.1) is 16.0 Å². The molecule has 0 spiro atoms. The van der Waals surface area contributed by atoms with Crippen LogP contribution in [-0.2, 0) is 0 Å². The van der Waals surface area contributed by atoms with Gasteiger partial charge in [-0.15, -0.1) is 12.4 Å². The normalized spacial score (nSPS) is 15.1. The third-order valence-electron chi connectivity index (χ3n) is 3.24. The van der Waals surface area contributed by atoms with Gasteiger partial charge in [0.15, 0.2) is 0 Å². The summed E-state index contributed by atoms with van der Waals surface area (Å²) in [6, 6.07) is 1.50. The topological polar surface area (TPSA) is 110 Å². The molecule has 0 aliphatic carbocycles. The van der Waals surface area contributed by atoms with Gasteiger partial charge in [-0.3, -0.25) is 10.1 Å². The van der Waals surface area contributed by atoms with Gasteiger partial charge in [0, 0.05) is 17.7 Å². The SMILES string of the molecule is CCC(C)[C@H](O)[C@H](N)c1cc([N+](=O)[O-])cc(Br)c1O.Cl. The van der Waals surface area contributed by atoms with E-state index in [9.17, 15) is 20.3 Å². The van der Waals surface area contributed by atoms with E-state index >= 15 is 0 Å². The predicted molar refractivity (Wildman–Crippen MR) is 82.1 cm³/mol. The van der Waals surface area contributed by atoms with E-state index in [1.807, 2.05) is 13.8 Å². The second-order valence-electron chi connectivity index (χ2n) is 4.52. The molecule has 20 heavy (non-hydrogen) atoms. The molecule has 1 unspecified atom stereocenters. The fourth-order valence-electron chi connectivity index (χ4n) is 1.74. The standard InChI is InChI=1S/C12H17BrN2O4.ClH/c1-3-6(2)11(16)10(14)8-4-7(15(18)19)5-9(13)12(8)17;/h4-6,10-11,16-17H,3,14H2,1-2H3;1H/t6?,10-,11+;/m1./s1. The van der Waals surface area contributed by atoms with E-state index in [1.165, 1.54) is 12.1 Å². The van der Waals surface area contributed by atoms with Gasteiger partial charge in [0.1, 0.15) is 5.75 Å². The maximum absolute atomic E-state index is 10.8. The Hall–Kier alpha value is -0.890. The summed E-state index contributed by atoms with van der Waals surface area (Å²) in [6.45, 7) is 3.73. The van der Waals surface area contributed by atoms with Crippen LogP contribution in [0.15, 0.2) is 16.6 Å². The molecule has 0 aliphatic rings. The van der Waals surface area contributed by atoms with Gasteiger partial charge in [0.05, 0.1) is 21.5 Å². The van der Waals surface area contributed by atoms with Crippen LogP contribution in [0.4, 0.5) is 5.69 Å². The third-order valence-corrected chi connectivity index (χ3v) is 3.85. The van der Waals surface area contributed by atoms with Crippen molar-refractivity contribution in [3.63, 3.8) is 0 Å². The number of hydrogen-bond donors (Lipinski definition) is 3. The van der Waals surface area contributed by atoms with Gasteiger partial charge in [-0.25, -0.2) is 0 Å². The lowest BCUT2D eigenvalue weighted by Crippen LogP contribution is -2.31. The number of phenols is 1. The van der Waals surface area contributed by atoms with E-state index in [-0.39, 0.29) is 39.8 Å². The molecule has 0 bridgehead atoms. The summed E-state index contributed by atoms with van der Waals surface area (Å²) in [5.41, 5.74) is 5.87. The molecule has 0 aliphatic heterocycles. The molecule has 0 aromatic heterocycles. The highest BCUT2D eigenvalue weighted by Crippen LogP contribution is 2.37. The molecule has 0 amide bonds. The second kappa shape index (κ2) is 7.78. The van der Waals surface area contributed by atoms with Gasteiger partial charge >= 0.3 is 0 Å². The molecule has 4 N–H and O–H groups in total. The van der Waals surface area contributed by atoms with Crippen LogP contribution in [-0.4, -0.2) is 21.2 Å². The zero-order valence-corrected chi connectivity index (χ0v) is 13.5. The van der Waals surface area contributed by atoms with Crippen molar-refractivity contribution in [3.8, 4) is 5.75 Å². The Morgan fingerprint density at radius 3 is 2.50 bits per heavy atom. The van der Waals surface area contributed by atoms with Gasteiger partial charge in [-0.1, -0.05) is 20.3 Å². The molecule has 6 nitrogen and oxygen atoms in total. The van der Waals surface area contributed by atoms with Gasteiger partial charge < -0.3 is 15.9 Å². The first-order chi connectivity index (χ1) is 8.79. The highest BCUT2D eigenvalue weighted by molar-refractivity contribution is 9.10. The molecule has 8 heteroatoms. The number of nitrogens with zero attached hydrogens (tertiary/aromatic N) is 1. The molecule has 0 heterocycles. The zero-order chi connectivity index (χ0) is 14.7. The number of aliphatic hydroxyl groups is 1. The summed E-state index contributed by atoms with van der Waals surface area (Å²) in [7, 11) is 0. The Kier molecular flexibility index (Phi) is 7.43. The van der Waals surface area contributed by atoms with Crippen molar-refractivity contribution in [2.45, 2.75) is 32.4 Å². The Labute approximate surface area is 131 Å². The number of aliphatic hydroxyl groups excluding tert-OH is 1. The lowest BCUT2D eigenvalue weighted by molar-refractivity contribution is -0.385. The van der Waals surface area contributed by atoms with Gasteiger partial charge in [-0.2, -0.15) is 0 Å². The smallest absolute Gasteiger partial charge is 0.271 e. The Balaban J connectivity index is 0.00000361. The van der Waals surface area contributed by atoms with Crippen molar-refractivity contribution in [2.24, 2.45) is 11.7 Å². The van der Waals surface area contributed by atoms with Gasteiger partial charge in [0.25, 0.3) is 5.69 Å². The summed E-state index contributed by atoms with van der Waals surface area (Å²) >= 11 is 3.05. The lowest BCUT2D eigenvalue weighted by atomic mass is 9.91. The summed E-state index contributed by atoms with van der Waals surface area (Å²) in [6.07, 6.45) is -0.170. The van der Waals surface area contributed by atoms with Crippen molar-refractivity contribution < 1.29 is 15.1 Å². The quantitative estimate of drug-likeness (QED) is 0.546. The van der Waals surface area contributed by atoms with Crippen LogP contribution in [0.3, 0.4) is 0 Å². The van der Waals surface area contributed by atoms with E-state index in [0.717, 1.165) is 0 Å². The Bertz CT molecular complexity index is 487. The number of benzene rings is 1. The maximum atomic E-state index is 10.8. The fraction of sp³-hybridized carbons (Fsp3) is 0.500. The van der Waals surface area contributed by atoms with E-state index in [4.69, 9.17) is 5.73 Å². The highest BCUT2D eigenvalue weighted by Gasteiger charge is 2.27. The molecule has 0 saturated carbocycles. The molecule has 1 aromatic rings. The van der Waals surface area contributed by atoms with Crippen LogP contribution in [0.25, 0.3) is 0 Å². The molecule has 0 fully saturated rings. The van der Waals surface area contributed by atoms with Crippen LogP contribution < -0.4 is 5.73 Å². The first-order valence-electron chi connectivity index (χ1n) is 5.90. The number of nitrogens with two attached hydrogens (primary N) is 1. The van der Waals surface area contributed by atoms with Gasteiger partial charge in [-0.05, 0) is 21.8 Å². The first kappa shape index (κ1) is 19.1. The second-order valence-corrected chi connectivity index (χ2v) is 5.38. The number of halogens is 2. The predicted octanol–water partition coefficient (Wildman–Crippen LogP) is 2.89. The molecule has 1 rings (SSSR count). The van der Waals surface area contributed by atoms with E-state index in [2.05, 4.69) is 15.9 Å². The van der Waals surface area contributed by atoms with Crippen molar-refractivity contribution >= 4 is 34.0 Å². The van der Waals surface area contributed by atoms with E-state index in [1.54, 1.807) is 0 Å². The molecule has 3 atom stereocenters. The number of hydrogen-bond acceptors (Lipinski definition) is 5.